The topological polar surface area (TPSA) is 136 Å². The lowest BCUT2D eigenvalue weighted by Gasteiger charge is -2.32. The van der Waals surface area contributed by atoms with E-state index < -0.39 is 23.5 Å². The van der Waals surface area contributed by atoms with Gasteiger partial charge >= 0.3 is 5.97 Å². The van der Waals surface area contributed by atoms with Crippen molar-refractivity contribution in [2.75, 3.05) is 13.2 Å². The number of nitrogens with zero attached hydrogens (tertiary/aromatic N) is 5. The SMILES string of the molecule is CCOC(=O)C1[C@H]2CCC[C@H]2CN1C(=O)[C@@H](NC(=O)[C@@H](CC(=O)CCCCc1nnnn1C(C)(C)c1ccccc1)C(C)C)C(C)C. The zero-order chi connectivity index (χ0) is 34.3. The van der Waals surface area contributed by atoms with Gasteiger partial charge in [-0.15, -0.1) is 5.10 Å². The number of Topliss-reactive ketones (excluding diaryl/α,β-unsaturated/α-hetero) is 1. The molecule has 258 valence electrons. The second kappa shape index (κ2) is 16.0. The van der Waals surface area contributed by atoms with Gasteiger partial charge in [0.15, 0.2) is 5.82 Å². The van der Waals surface area contributed by atoms with Gasteiger partial charge in [0.2, 0.25) is 11.8 Å². The van der Waals surface area contributed by atoms with E-state index in [1.54, 1.807) is 11.8 Å². The van der Waals surface area contributed by atoms with Gasteiger partial charge in [0.25, 0.3) is 0 Å². The molecule has 1 aromatic carbocycles. The highest BCUT2D eigenvalue weighted by Crippen LogP contribution is 2.43. The molecule has 1 aliphatic carbocycles. The Bertz CT molecular complexity index is 1370. The first-order valence-corrected chi connectivity index (χ1v) is 17.5. The molecule has 2 heterocycles. The second-order valence-electron chi connectivity index (χ2n) is 14.5. The van der Waals surface area contributed by atoms with E-state index in [-0.39, 0.29) is 60.3 Å². The van der Waals surface area contributed by atoms with Crippen LogP contribution in [0.5, 0.6) is 0 Å². The fourth-order valence-electron chi connectivity index (χ4n) is 7.36. The van der Waals surface area contributed by atoms with Gasteiger partial charge in [0.1, 0.15) is 17.9 Å². The fourth-order valence-corrected chi connectivity index (χ4v) is 7.36. The molecule has 11 nitrogen and oxygen atoms in total. The molecule has 1 unspecified atom stereocenters. The third-order valence-electron chi connectivity index (χ3n) is 10.2. The summed E-state index contributed by atoms with van der Waals surface area (Å²) in [6, 6.07) is 8.69. The maximum Gasteiger partial charge on any atom is 0.329 e. The molecule has 1 N–H and O–H groups in total. The Kier molecular flexibility index (Phi) is 12.3. The van der Waals surface area contributed by atoms with E-state index in [4.69, 9.17) is 4.74 Å². The molecule has 2 fully saturated rings. The van der Waals surface area contributed by atoms with Crippen molar-refractivity contribution in [2.24, 2.45) is 29.6 Å². The molecule has 0 spiro atoms. The number of fused-ring (bicyclic) bond motifs is 1. The number of ketones is 1. The molecule has 5 atom stereocenters. The number of tetrazole rings is 1. The minimum Gasteiger partial charge on any atom is -0.464 e. The fraction of sp³-hybridized carbons (Fsp3) is 0.694. The average molecular weight is 651 g/mol. The van der Waals surface area contributed by atoms with Gasteiger partial charge in [-0.3, -0.25) is 14.4 Å². The first-order chi connectivity index (χ1) is 22.4. The summed E-state index contributed by atoms with van der Waals surface area (Å²) >= 11 is 0. The van der Waals surface area contributed by atoms with Crippen molar-refractivity contribution in [3.63, 3.8) is 0 Å². The lowest BCUT2D eigenvalue weighted by molar-refractivity contribution is -0.155. The van der Waals surface area contributed by atoms with E-state index in [0.29, 0.717) is 25.8 Å². The molecule has 2 aromatic rings. The van der Waals surface area contributed by atoms with Crippen molar-refractivity contribution in [1.29, 1.82) is 0 Å². The number of carbonyl (C=O) groups is 4. The van der Waals surface area contributed by atoms with Crippen LogP contribution < -0.4 is 5.32 Å². The van der Waals surface area contributed by atoms with Crippen LogP contribution in [0.3, 0.4) is 0 Å². The van der Waals surface area contributed by atoms with Gasteiger partial charge < -0.3 is 15.0 Å². The summed E-state index contributed by atoms with van der Waals surface area (Å²) in [5.74, 6) is -0.576. The highest BCUT2D eigenvalue weighted by atomic mass is 16.5. The Balaban J connectivity index is 1.33. The largest absolute Gasteiger partial charge is 0.464 e. The lowest BCUT2D eigenvalue weighted by Crippen LogP contribution is -2.56. The van der Waals surface area contributed by atoms with Crippen LogP contribution in [0.25, 0.3) is 0 Å². The Morgan fingerprint density at radius 3 is 2.40 bits per heavy atom. The van der Waals surface area contributed by atoms with E-state index in [1.807, 2.05) is 50.6 Å². The van der Waals surface area contributed by atoms with Crippen LogP contribution >= 0.6 is 0 Å². The van der Waals surface area contributed by atoms with Gasteiger partial charge in [-0.25, -0.2) is 9.48 Å². The van der Waals surface area contributed by atoms with Crippen LogP contribution in [-0.2, 0) is 35.9 Å². The number of carbonyl (C=O) groups excluding carboxylic acids is 4. The molecule has 1 saturated heterocycles. The number of aryl methyl sites for hydroxylation is 1. The highest BCUT2D eigenvalue weighted by molar-refractivity contribution is 5.93. The summed E-state index contributed by atoms with van der Waals surface area (Å²) in [6.45, 7) is 14.3. The summed E-state index contributed by atoms with van der Waals surface area (Å²) < 4.78 is 7.23. The average Bonchev–Trinajstić information content (AvgIpc) is 3.77. The standard InChI is InChI=1S/C36H54N6O5/c1-8-47-35(46)32-28-19-14-15-25(28)22-41(32)34(45)31(24(4)5)37-33(44)29(23(2)3)21-27(43)18-12-13-20-30-38-39-40-42(30)36(6,7)26-16-10-9-11-17-26/h9-11,16-17,23-25,28-29,31-32H,8,12-15,18-22H2,1-7H3,(H,37,44)/t25-,28-,29-,31-,32?/m0/s1. The van der Waals surface area contributed by atoms with Gasteiger partial charge in [0.05, 0.1) is 12.1 Å². The number of ether oxygens (including phenoxy) is 1. The third kappa shape index (κ3) is 8.46. The molecule has 1 saturated carbocycles. The number of hydrogen-bond donors (Lipinski definition) is 1. The van der Waals surface area contributed by atoms with Gasteiger partial charge in [-0.2, -0.15) is 0 Å². The number of esters is 1. The molecule has 1 aliphatic heterocycles. The number of rotatable bonds is 16. The molecule has 2 aliphatic rings. The molecule has 0 bridgehead atoms. The molecular formula is C36H54N6O5. The van der Waals surface area contributed by atoms with Crippen molar-refractivity contribution < 1.29 is 23.9 Å². The number of benzene rings is 1. The van der Waals surface area contributed by atoms with Crippen LogP contribution in [0.2, 0.25) is 0 Å². The smallest absolute Gasteiger partial charge is 0.329 e. The van der Waals surface area contributed by atoms with Gasteiger partial charge in [-0.05, 0) is 86.1 Å². The molecule has 4 rings (SSSR count). The summed E-state index contributed by atoms with van der Waals surface area (Å²) in [7, 11) is 0. The number of unbranched alkanes of at least 4 members (excludes halogenated alkanes) is 1. The zero-order valence-corrected chi connectivity index (χ0v) is 29.3. The number of aromatic nitrogens is 4. The number of likely N-dealkylation sites (tertiary alicyclic amines) is 1. The monoisotopic (exact) mass is 650 g/mol. The maximum atomic E-state index is 13.9. The Labute approximate surface area is 279 Å². The van der Waals surface area contributed by atoms with E-state index >= 15 is 0 Å². The Hall–Kier alpha value is -3.63. The summed E-state index contributed by atoms with van der Waals surface area (Å²) in [4.78, 5) is 55.4. The quantitative estimate of drug-likeness (QED) is 0.203. The van der Waals surface area contributed by atoms with Crippen molar-refractivity contribution in [1.82, 2.24) is 30.4 Å². The van der Waals surface area contributed by atoms with E-state index in [0.717, 1.165) is 37.1 Å². The lowest BCUT2D eigenvalue weighted by atomic mass is 9.88. The Morgan fingerprint density at radius 2 is 1.74 bits per heavy atom. The Morgan fingerprint density at radius 1 is 1.02 bits per heavy atom. The molecular weight excluding hydrogens is 596 g/mol. The molecule has 0 radical (unpaired) electrons. The minimum atomic E-state index is -0.791. The van der Waals surface area contributed by atoms with Crippen LogP contribution in [0.15, 0.2) is 30.3 Å². The predicted molar refractivity (Wildman–Crippen MR) is 178 cm³/mol. The van der Waals surface area contributed by atoms with E-state index in [2.05, 4.69) is 46.8 Å². The number of hydrogen-bond acceptors (Lipinski definition) is 8. The van der Waals surface area contributed by atoms with Crippen LogP contribution in [0.1, 0.15) is 105 Å². The number of nitrogens with one attached hydrogen (secondary N) is 1. The van der Waals surface area contributed by atoms with Crippen LogP contribution in [0, 0.1) is 29.6 Å². The normalized spacial score (nSPS) is 20.7. The molecule has 11 heteroatoms. The van der Waals surface area contributed by atoms with Crippen LogP contribution in [-0.4, -0.2) is 73.9 Å². The second-order valence-corrected chi connectivity index (χ2v) is 14.5. The highest BCUT2D eigenvalue weighted by Gasteiger charge is 2.51. The third-order valence-corrected chi connectivity index (χ3v) is 10.2. The van der Waals surface area contributed by atoms with E-state index in [1.165, 1.54) is 0 Å². The minimum absolute atomic E-state index is 0.0187. The summed E-state index contributed by atoms with van der Waals surface area (Å²) in [5, 5.41) is 15.4. The first kappa shape index (κ1) is 36.2. The molecule has 47 heavy (non-hydrogen) atoms. The first-order valence-electron chi connectivity index (χ1n) is 17.5. The van der Waals surface area contributed by atoms with Crippen molar-refractivity contribution in [3.05, 3.63) is 41.7 Å². The molecule has 1 aromatic heterocycles. The summed E-state index contributed by atoms with van der Waals surface area (Å²) in [6.07, 6.45) is 5.43. The van der Waals surface area contributed by atoms with Crippen molar-refractivity contribution >= 4 is 23.6 Å². The summed E-state index contributed by atoms with van der Waals surface area (Å²) in [5.41, 5.74) is 0.682. The van der Waals surface area contributed by atoms with Crippen LogP contribution in [0.4, 0.5) is 0 Å². The zero-order valence-electron chi connectivity index (χ0n) is 29.3. The molecule has 2 amide bonds. The van der Waals surface area contributed by atoms with Gasteiger partial charge in [-0.1, -0.05) is 64.4 Å². The van der Waals surface area contributed by atoms with Crippen molar-refractivity contribution in [2.45, 2.75) is 117 Å². The van der Waals surface area contributed by atoms with Gasteiger partial charge in [0, 0.05) is 31.7 Å². The van der Waals surface area contributed by atoms with Crippen molar-refractivity contribution in [3.8, 4) is 0 Å². The predicted octanol–water partition coefficient (Wildman–Crippen LogP) is 4.73. The number of amides is 2. The maximum absolute atomic E-state index is 13.9. The van der Waals surface area contributed by atoms with E-state index in [9.17, 15) is 19.2 Å².